The fourth-order valence-corrected chi connectivity index (χ4v) is 3.95. The molecule has 0 atom stereocenters. The fourth-order valence-electron chi connectivity index (χ4n) is 2.79. The lowest BCUT2D eigenvalue weighted by Crippen LogP contribution is -2.49. The molecular weight excluding hydrogens is 443 g/mol. The van der Waals surface area contributed by atoms with E-state index in [9.17, 15) is 17.6 Å². The highest BCUT2D eigenvalue weighted by atomic mass is 35.5. The van der Waals surface area contributed by atoms with Crippen LogP contribution in [0.5, 0.6) is 5.75 Å². The molecule has 0 aliphatic rings. The Balaban J connectivity index is 2.36. The summed E-state index contributed by atoms with van der Waals surface area (Å²) in [5, 5.41) is 3.29. The molecule has 0 aliphatic carbocycles. The van der Waals surface area contributed by atoms with Crippen LogP contribution in [0.3, 0.4) is 0 Å². The van der Waals surface area contributed by atoms with Gasteiger partial charge < -0.3 is 14.4 Å². The minimum Gasteiger partial charge on any atom is -0.379 e. The van der Waals surface area contributed by atoms with E-state index in [0.717, 1.165) is 24.3 Å². The Bertz CT molecular complexity index is 1020. The number of carbonyl (C=O) groups is 1. The maximum Gasteiger partial charge on any atom is 0.339 e. The van der Waals surface area contributed by atoms with Crippen molar-refractivity contribution in [3.05, 3.63) is 58.9 Å². The van der Waals surface area contributed by atoms with E-state index in [0.29, 0.717) is 17.1 Å². The maximum absolute atomic E-state index is 13.2. The van der Waals surface area contributed by atoms with E-state index in [1.807, 2.05) is 34.6 Å². The number of rotatable bonds is 7. The molecule has 1 N–H and O–H groups in total. The van der Waals surface area contributed by atoms with Crippen LogP contribution in [0.4, 0.5) is 9.18 Å². The molecule has 0 unspecified atom stereocenters. The van der Waals surface area contributed by atoms with Crippen LogP contribution in [0.25, 0.3) is 0 Å². The average molecular weight is 471 g/mol. The van der Waals surface area contributed by atoms with Crippen LogP contribution in [0.1, 0.15) is 40.2 Å². The Morgan fingerprint density at radius 2 is 1.77 bits per heavy atom. The van der Waals surface area contributed by atoms with Crippen molar-refractivity contribution in [1.82, 2.24) is 10.2 Å². The second-order valence-electron chi connectivity index (χ2n) is 8.70. The van der Waals surface area contributed by atoms with Crippen molar-refractivity contribution in [2.75, 3.05) is 6.54 Å². The summed E-state index contributed by atoms with van der Waals surface area (Å²) >= 11 is 6.13. The Morgan fingerprint density at radius 3 is 2.32 bits per heavy atom. The number of amides is 2. The van der Waals surface area contributed by atoms with E-state index in [-0.39, 0.29) is 29.1 Å². The average Bonchev–Trinajstić information content (AvgIpc) is 2.62. The number of nitrogens with zero attached hydrogens (tertiary/aromatic N) is 1. The summed E-state index contributed by atoms with van der Waals surface area (Å²) in [5.74, 6) is -0.330. The first-order valence-electron chi connectivity index (χ1n) is 9.82. The quantitative estimate of drug-likeness (QED) is 0.563. The van der Waals surface area contributed by atoms with Gasteiger partial charge in [0.05, 0.1) is 6.54 Å². The lowest BCUT2D eigenvalue weighted by molar-refractivity contribution is 0.178. The van der Waals surface area contributed by atoms with E-state index in [1.165, 1.54) is 12.1 Å². The maximum atomic E-state index is 13.2. The van der Waals surface area contributed by atoms with Crippen LogP contribution in [-0.2, 0) is 16.7 Å². The third-order valence-corrected chi connectivity index (χ3v) is 5.52. The summed E-state index contributed by atoms with van der Waals surface area (Å²) in [7, 11) is -4.20. The van der Waals surface area contributed by atoms with Gasteiger partial charge in [-0.25, -0.2) is 9.18 Å². The van der Waals surface area contributed by atoms with Crippen molar-refractivity contribution in [2.24, 2.45) is 5.92 Å². The van der Waals surface area contributed by atoms with Gasteiger partial charge in [0.2, 0.25) is 0 Å². The van der Waals surface area contributed by atoms with Crippen molar-refractivity contribution in [3.8, 4) is 5.75 Å². The smallest absolute Gasteiger partial charge is 0.339 e. The number of benzene rings is 2. The van der Waals surface area contributed by atoms with E-state index in [1.54, 1.807) is 11.0 Å². The third kappa shape index (κ3) is 7.70. The van der Waals surface area contributed by atoms with Gasteiger partial charge in [0.15, 0.2) is 0 Å². The van der Waals surface area contributed by atoms with Crippen molar-refractivity contribution >= 4 is 27.8 Å². The second-order valence-corrected chi connectivity index (χ2v) is 10.7. The van der Waals surface area contributed by atoms with Crippen molar-refractivity contribution in [2.45, 2.75) is 51.6 Å². The van der Waals surface area contributed by atoms with Gasteiger partial charge in [-0.2, -0.15) is 8.42 Å². The Kier molecular flexibility index (Phi) is 7.94. The minimum absolute atomic E-state index is 0.0473. The molecule has 31 heavy (non-hydrogen) atoms. The number of hydrogen-bond donors (Lipinski definition) is 1. The van der Waals surface area contributed by atoms with Gasteiger partial charge in [-0.1, -0.05) is 25.4 Å². The molecule has 0 aromatic heterocycles. The standard InChI is InChI=1S/C22H28ClFN2O4S/c1-15(2)13-26(21(27)25-22(3,4)5)14-16-12-17(23)6-11-20(16)30-31(28,29)19-9-7-18(24)8-10-19/h6-12,15H,13-14H2,1-5H3,(H,25,27). The number of halogens is 2. The van der Waals surface area contributed by atoms with Gasteiger partial charge in [0.25, 0.3) is 0 Å². The van der Waals surface area contributed by atoms with Crippen LogP contribution in [0, 0.1) is 11.7 Å². The summed E-state index contributed by atoms with van der Waals surface area (Å²) < 4.78 is 43.8. The summed E-state index contributed by atoms with van der Waals surface area (Å²) in [6, 6.07) is 8.56. The first-order chi connectivity index (χ1) is 14.3. The Labute approximate surface area is 188 Å². The number of hydrogen-bond acceptors (Lipinski definition) is 4. The van der Waals surface area contributed by atoms with E-state index in [4.69, 9.17) is 15.8 Å². The van der Waals surface area contributed by atoms with Gasteiger partial charge in [0, 0.05) is 22.7 Å². The zero-order valence-corrected chi connectivity index (χ0v) is 19.8. The van der Waals surface area contributed by atoms with Crippen LogP contribution in [0.15, 0.2) is 47.4 Å². The lowest BCUT2D eigenvalue weighted by Gasteiger charge is -2.30. The summed E-state index contributed by atoms with van der Waals surface area (Å²) in [5.41, 5.74) is -0.00536. The molecule has 0 heterocycles. The third-order valence-electron chi connectivity index (χ3n) is 4.04. The van der Waals surface area contributed by atoms with Gasteiger partial charge in [-0.15, -0.1) is 0 Å². The Morgan fingerprint density at radius 1 is 1.16 bits per heavy atom. The van der Waals surface area contributed by atoms with Gasteiger partial charge in [-0.05, 0) is 69.2 Å². The molecule has 0 bridgehead atoms. The molecule has 9 heteroatoms. The highest BCUT2D eigenvalue weighted by molar-refractivity contribution is 7.87. The van der Waals surface area contributed by atoms with Gasteiger partial charge >= 0.3 is 16.1 Å². The number of carbonyl (C=O) groups excluding carboxylic acids is 1. The lowest BCUT2D eigenvalue weighted by atomic mass is 10.1. The monoisotopic (exact) mass is 470 g/mol. The van der Waals surface area contributed by atoms with E-state index >= 15 is 0 Å². The predicted octanol–water partition coefficient (Wildman–Crippen LogP) is 5.21. The highest BCUT2D eigenvalue weighted by Gasteiger charge is 2.24. The van der Waals surface area contributed by atoms with Crippen molar-refractivity contribution in [3.63, 3.8) is 0 Å². The molecule has 0 aliphatic heterocycles. The SMILES string of the molecule is CC(C)CN(Cc1cc(Cl)ccc1OS(=O)(=O)c1ccc(F)cc1)C(=O)NC(C)(C)C. The predicted molar refractivity (Wildman–Crippen MR) is 119 cm³/mol. The van der Waals surface area contributed by atoms with Crippen LogP contribution < -0.4 is 9.50 Å². The van der Waals surface area contributed by atoms with Crippen molar-refractivity contribution < 1.29 is 21.8 Å². The van der Waals surface area contributed by atoms with Crippen molar-refractivity contribution in [1.29, 1.82) is 0 Å². The number of nitrogens with one attached hydrogen (secondary N) is 1. The molecular formula is C22H28ClFN2O4S. The van der Waals surface area contributed by atoms with Crippen LogP contribution in [0.2, 0.25) is 5.02 Å². The minimum atomic E-state index is -4.20. The zero-order chi connectivity index (χ0) is 23.4. The fraction of sp³-hybridized carbons (Fsp3) is 0.409. The molecule has 0 spiro atoms. The Hall–Kier alpha value is -2.32. The molecule has 170 valence electrons. The second kappa shape index (κ2) is 9.87. The topological polar surface area (TPSA) is 75.7 Å². The molecule has 2 rings (SSSR count). The van der Waals surface area contributed by atoms with Gasteiger partial charge in [-0.3, -0.25) is 0 Å². The highest BCUT2D eigenvalue weighted by Crippen LogP contribution is 2.28. The summed E-state index contributed by atoms with van der Waals surface area (Å²) in [6.07, 6.45) is 0. The number of urea groups is 1. The molecule has 2 amide bonds. The molecule has 0 saturated heterocycles. The largest absolute Gasteiger partial charge is 0.379 e. The van der Waals surface area contributed by atoms with E-state index in [2.05, 4.69) is 5.32 Å². The molecule has 0 fully saturated rings. The molecule has 6 nitrogen and oxygen atoms in total. The summed E-state index contributed by atoms with van der Waals surface area (Å²) in [4.78, 5) is 14.2. The molecule has 2 aromatic rings. The molecule has 0 radical (unpaired) electrons. The first kappa shape index (κ1) is 24.9. The van der Waals surface area contributed by atoms with Crippen LogP contribution >= 0.6 is 11.6 Å². The summed E-state index contributed by atoms with van der Waals surface area (Å²) in [6.45, 7) is 10.1. The van der Waals surface area contributed by atoms with Crippen LogP contribution in [-0.4, -0.2) is 31.4 Å². The van der Waals surface area contributed by atoms with Gasteiger partial charge in [0.1, 0.15) is 16.5 Å². The molecule has 0 saturated carbocycles. The zero-order valence-electron chi connectivity index (χ0n) is 18.3. The van der Waals surface area contributed by atoms with E-state index < -0.39 is 21.5 Å². The normalized spacial score (nSPS) is 12.0. The molecule has 2 aromatic carbocycles. The first-order valence-corrected chi connectivity index (χ1v) is 11.6.